The van der Waals surface area contributed by atoms with Crippen molar-refractivity contribution < 1.29 is 9.53 Å². The average Bonchev–Trinajstić information content (AvgIpc) is 3.25. The SMILES string of the molecule is Cc1ccc(C)c(C(=O)[C@@H](C)Sc2nc3ccccc3c(=O)n2C[C@H]2CCCO2)c1. The molecule has 0 saturated carbocycles. The Hall–Kier alpha value is -2.44. The molecule has 1 aromatic heterocycles. The van der Waals surface area contributed by atoms with E-state index in [2.05, 4.69) is 0 Å². The number of aryl methyl sites for hydroxylation is 2. The van der Waals surface area contributed by atoms with Gasteiger partial charge in [-0.05, 0) is 57.4 Å². The molecule has 0 aliphatic carbocycles. The summed E-state index contributed by atoms with van der Waals surface area (Å²) in [5.74, 6) is 0.0484. The standard InChI is InChI=1S/C24H26N2O3S/c1-15-10-11-16(2)20(13-15)22(27)17(3)30-24-25-21-9-5-4-8-19(21)23(28)26(24)14-18-7-6-12-29-18/h4-5,8-11,13,17-18H,6-7,12,14H2,1-3H3/t17-,18-/m1/s1. The normalized spacial score (nSPS) is 17.4. The van der Waals surface area contributed by atoms with Gasteiger partial charge in [-0.3, -0.25) is 14.2 Å². The van der Waals surface area contributed by atoms with Gasteiger partial charge >= 0.3 is 0 Å². The van der Waals surface area contributed by atoms with Crippen LogP contribution in [-0.2, 0) is 11.3 Å². The summed E-state index contributed by atoms with van der Waals surface area (Å²) < 4.78 is 7.46. The molecule has 0 spiro atoms. The Balaban J connectivity index is 1.70. The third-order valence-electron chi connectivity index (χ3n) is 5.55. The van der Waals surface area contributed by atoms with E-state index < -0.39 is 0 Å². The van der Waals surface area contributed by atoms with Crippen LogP contribution in [-0.4, -0.2) is 33.3 Å². The molecule has 0 unspecified atom stereocenters. The van der Waals surface area contributed by atoms with Crippen molar-refractivity contribution in [1.29, 1.82) is 0 Å². The van der Waals surface area contributed by atoms with Crippen molar-refractivity contribution in [2.45, 2.75) is 56.7 Å². The van der Waals surface area contributed by atoms with Crippen LogP contribution >= 0.6 is 11.8 Å². The molecule has 5 nitrogen and oxygen atoms in total. The van der Waals surface area contributed by atoms with E-state index in [1.165, 1.54) is 11.8 Å². The van der Waals surface area contributed by atoms with Crippen LogP contribution in [0.3, 0.4) is 0 Å². The number of carbonyl (C=O) groups excluding carboxylic acids is 1. The molecule has 2 atom stereocenters. The first-order valence-electron chi connectivity index (χ1n) is 10.3. The van der Waals surface area contributed by atoms with E-state index in [0.717, 1.165) is 36.1 Å². The second-order valence-electron chi connectivity index (χ2n) is 7.91. The lowest BCUT2D eigenvalue weighted by atomic mass is 10.0. The third-order valence-corrected chi connectivity index (χ3v) is 6.64. The molecule has 0 bridgehead atoms. The molecule has 0 radical (unpaired) electrons. The van der Waals surface area contributed by atoms with Gasteiger partial charge in [-0.15, -0.1) is 0 Å². The summed E-state index contributed by atoms with van der Waals surface area (Å²) in [6, 6.07) is 13.3. The molecule has 2 aromatic carbocycles. The van der Waals surface area contributed by atoms with Gasteiger partial charge in [-0.2, -0.15) is 0 Å². The van der Waals surface area contributed by atoms with Crippen molar-refractivity contribution in [3.05, 3.63) is 69.5 Å². The number of thioether (sulfide) groups is 1. The minimum atomic E-state index is -0.366. The van der Waals surface area contributed by atoms with Gasteiger partial charge in [0.05, 0.1) is 28.8 Å². The Morgan fingerprint density at radius 3 is 2.83 bits per heavy atom. The molecular formula is C24H26N2O3S. The Morgan fingerprint density at radius 1 is 1.27 bits per heavy atom. The Morgan fingerprint density at radius 2 is 2.07 bits per heavy atom. The minimum absolute atomic E-state index is 0.00929. The number of para-hydroxylation sites is 1. The van der Waals surface area contributed by atoms with Gasteiger partial charge in [0, 0.05) is 12.2 Å². The van der Waals surface area contributed by atoms with E-state index >= 15 is 0 Å². The zero-order chi connectivity index (χ0) is 21.3. The van der Waals surface area contributed by atoms with Crippen LogP contribution in [0.2, 0.25) is 0 Å². The maximum absolute atomic E-state index is 13.2. The molecule has 156 valence electrons. The monoisotopic (exact) mass is 422 g/mol. The van der Waals surface area contributed by atoms with Crippen LogP contribution in [0.5, 0.6) is 0 Å². The summed E-state index contributed by atoms with van der Waals surface area (Å²) in [5.41, 5.74) is 3.32. The summed E-state index contributed by atoms with van der Waals surface area (Å²) in [5, 5.41) is 0.794. The van der Waals surface area contributed by atoms with Gasteiger partial charge in [-0.1, -0.05) is 41.6 Å². The van der Waals surface area contributed by atoms with E-state index in [1.807, 2.05) is 57.2 Å². The molecule has 2 heterocycles. The summed E-state index contributed by atoms with van der Waals surface area (Å²) in [6.07, 6.45) is 1.94. The number of carbonyl (C=O) groups is 1. The molecule has 0 N–H and O–H groups in total. The van der Waals surface area contributed by atoms with Crippen LogP contribution in [0.1, 0.15) is 41.3 Å². The van der Waals surface area contributed by atoms with Crippen LogP contribution < -0.4 is 5.56 Å². The highest BCUT2D eigenvalue weighted by molar-refractivity contribution is 8.00. The second-order valence-corrected chi connectivity index (χ2v) is 9.21. The van der Waals surface area contributed by atoms with Crippen LogP contribution in [0.15, 0.2) is 52.4 Å². The molecule has 6 heteroatoms. The van der Waals surface area contributed by atoms with E-state index in [-0.39, 0.29) is 22.7 Å². The number of hydrogen-bond acceptors (Lipinski definition) is 5. The number of ether oxygens (including phenoxy) is 1. The van der Waals surface area contributed by atoms with Crippen LogP contribution in [0, 0.1) is 13.8 Å². The molecule has 1 aliphatic rings. The zero-order valence-electron chi connectivity index (χ0n) is 17.6. The molecule has 30 heavy (non-hydrogen) atoms. The molecule has 0 amide bonds. The van der Waals surface area contributed by atoms with E-state index in [1.54, 1.807) is 10.6 Å². The van der Waals surface area contributed by atoms with Crippen molar-refractivity contribution in [3.8, 4) is 0 Å². The molecule has 1 saturated heterocycles. The number of aromatic nitrogens is 2. The Bertz CT molecular complexity index is 1150. The molecule has 3 aromatic rings. The summed E-state index contributed by atoms with van der Waals surface area (Å²) in [4.78, 5) is 31.1. The van der Waals surface area contributed by atoms with Crippen molar-refractivity contribution in [2.75, 3.05) is 6.61 Å². The number of Topliss-reactive ketones (excluding diaryl/α,β-unsaturated/α-hetero) is 1. The van der Waals surface area contributed by atoms with Gasteiger partial charge in [0.2, 0.25) is 0 Å². The lowest BCUT2D eigenvalue weighted by Gasteiger charge is -2.19. The van der Waals surface area contributed by atoms with E-state index in [9.17, 15) is 9.59 Å². The Kier molecular flexibility index (Phi) is 6.06. The molecule has 1 fully saturated rings. The highest BCUT2D eigenvalue weighted by atomic mass is 32.2. The molecule has 4 rings (SSSR count). The van der Waals surface area contributed by atoms with E-state index in [0.29, 0.717) is 22.6 Å². The molecule has 1 aliphatic heterocycles. The van der Waals surface area contributed by atoms with Gasteiger partial charge in [0.15, 0.2) is 10.9 Å². The predicted octanol–water partition coefficient (Wildman–Crippen LogP) is 4.56. The highest BCUT2D eigenvalue weighted by Gasteiger charge is 2.24. The number of benzene rings is 2. The summed E-state index contributed by atoms with van der Waals surface area (Å²) in [6.45, 7) is 7.00. The topological polar surface area (TPSA) is 61.2 Å². The number of fused-ring (bicyclic) bond motifs is 1. The fourth-order valence-corrected chi connectivity index (χ4v) is 4.81. The third kappa shape index (κ3) is 4.20. The maximum atomic E-state index is 13.2. The van der Waals surface area contributed by atoms with Gasteiger partial charge in [0.1, 0.15) is 0 Å². The molecular weight excluding hydrogens is 396 g/mol. The lowest BCUT2D eigenvalue weighted by Crippen LogP contribution is -2.29. The van der Waals surface area contributed by atoms with Crippen LogP contribution in [0.25, 0.3) is 10.9 Å². The van der Waals surface area contributed by atoms with Crippen molar-refractivity contribution >= 4 is 28.4 Å². The van der Waals surface area contributed by atoms with Crippen molar-refractivity contribution in [1.82, 2.24) is 9.55 Å². The quantitative estimate of drug-likeness (QED) is 0.331. The van der Waals surface area contributed by atoms with E-state index in [4.69, 9.17) is 9.72 Å². The summed E-state index contributed by atoms with van der Waals surface area (Å²) in [7, 11) is 0. The lowest BCUT2D eigenvalue weighted by molar-refractivity contribution is 0.0937. The number of hydrogen-bond donors (Lipinski definition) is 0. The first-order valence-corrected chi connectivity index (χ1v) is 11.2. The fraction of sp³-hybridized carbons (Fsp3) is 0.375. The number of rotatable bonds is 6. The van der Waals surface area contributed by atoms with Crippen molar-refractivity contribution in [2.24, 2.45) is 0 Å². The number of nitrogens with zero attached hydrogens (tertiary/aromatic N) is 2. The predicted molar refractivity (Wildman–Crippen MR) is 121 cm³/mol. The van der Waals surface area contributed by atoms with Gasteiger partial charge in [0.25, 0.3) is 5.56 Å². The fourth-order valence-electron chi connectivity index (χ4n) is 3.82. The first kappa shape index (κ1) is 20.8. The van der Waals surface area contributed by atoms with Crippen molar-refractivity contribution in [3.63, 3.8) is 0 Å². The number of ketones is 1. The second kappa shape index (κ2) is 8.74. The van der Waals surface area contributed by atoms with Gasteiger partial charge in [-0.25, -0.2) is 4.98 Å². The zero-order valence-corrected chi connectivity index (χ0v) is 18.4. The smallest absolute Gasteiger partial charge is 0.262 e. The maximum Gasteiger partial charge on any atom is 0.262 e. The van der Waals surface area contributed by atoms with Crippen LogP contribution in [0.4, 0.5) is 0 Å². The van der Waals surface area contributed by atoms with Gasteiger partial charge < -0.3 is 4.74 Å². The Labute approximate surface area is 180 Å². The summed E-state index contributed by atoms with van der Waals surface area (Å²) >= 11 is 1.35. The highest BCUT2D eigenvalue weighted by Crippen LogP contribution is 2.27. The minimum Gasteiger partial charge on any atom is -0.376 e. The largest absolute Gasteiger partial charge is 0.376 e. The average molecular weight is 423 g/mol. The first-order chi connectivity index (χ1) is 14.4.